The highest BCUT2D eigenvalue weighted by molar-refractivity contribution is 7.21. The number of thiazole rings is 1. The molecule has 4 aromatic rings. The average Bonchev–Trinajstić information content (AvgIpc) is 3.08. The lowest BCUT2D eigenvalue weighted by Gasteiger charge is -2.10. The van der Waals surface area contributed by atoms with E-state index < -0.39 is 11.7 Å². The van der Waals surface area contributed by atoms with E-state index in [0.717, 1.165) is 11.3 Å². The highest BCUT2D eigenvalue weighted by Gasteiger charge is 2.16. The molecule has 0 bridgehead atoms. The molecule has 7 nitrogen and oxygen atoms in total. The van der Waals surface area contributed by atoms with E-state index in [0.29, 0.717) is 32.7 Å². The molecule has 2 aromatic heterocycles. The van der Waals surface area contributed by atoms with Crippen molar-refractivity contribution in [2.75, 3.05) is 12.4 Å². The van der Waals surface area contributed by atoms with E-state index in [2.05, 4.69) is 20.3 Å². The van der Waals surface area contributed by atoms with Crippen molar-refractivity contribution in [3.05, 3.63) is 47.5 Å². The molecule has 0 fully saturated rings. The number of nitrogens with one attached hydrogen (secondary N) is 1. The standard InChI is InChI=1S/C17H12FN5O2S/c1-25-8-2-3-10(9(18)6-8)22-16-13-11(20-7-21-16)4-5-12-14(13)26-17(23-12)15(19)24/h2-7H,1H3,(H2,19,24)(H,20,21,22). The van der Waals surface area contributed by atoms with Gasteiger partial charge in [0.1, 0.15) is 23.7 Å². The van der Waals surface area contributed by atoms with Crippen LogP contribution in [0.4, 0.5) is 15.9 Å². The average molecular weight is 369 g/mol. The van der Waals surface area contributed by atoms with Crippen LogP contribution in [0.25, 0.3) is 21.1 Å². The van der Waals surface area contributed by atoms with Gasteiger partial charge in [-0.05, 0) is 24.3 Å². The van der Waals surface area contributed by atoms with Crippen molar-refractivity contribution in [1.29, 1.82) is 0 Å². The summed E-state index contributed by atoms with van der Waals surface area (Å²) in [5.41, 5.74) is 6.81. The molecule has 26 heavy (non-hydrogen) atoms. The second kappa shape index (κ2) is 6.19. The Morgan fingerprint density at radius 1 is 1.23 bits per heavy atom. The van der Waals surface area contributed by atoms with Gasteiger partial charge in [0.15, 0.2) is 5.01 Å². The second-order valence-electron chi connectivity index (χ2n) is 5.38. The molecule has 0 spiro atoms. The van der Waals surface area contributed by atoms with Crippen molar-refractivity contribution < 1.29 is 13.9 Å². The summed E-state index contributed by atoms with van der Waals surface area (Å²) in [4.78, 5) is 24.1. The predicted molar refractivity (Wildman–Crippen MR) is 97.5 cm³/mol. The molecular formula is C17H12FN5O2S. The lowest BCUT2D eigenvalue weighted by molar-refractivity contribution is 0.1000. The van der Waals surface area contributed by atoms with Crippen molar-refractivity contribution in [2.45, 2.75) is 0 Å². The minimum atomic E-state index is -0.605. The van der Waals surface area contributed by atoms with E-state index in [4.69, 9.17) is 10.5 Å². The van der Waals surface area contributed by atoms with Crippen molar-refractivity contribution in [3.8, 4) is 5.75 Å². The second-order valence-corrected chi connectivity index (χ2v) is 6.38. The number of ether oxygens (including phenoxy) is 1. The Morgan fingerprint density at radius 2 is 2.04 bits per heavy atom. The van der Waals surface area contributed by atoms with Crippen LogP contribution in [-0.4, -0.2) is 28.0 Å². The van der Waals surface area contributed by atoms with Crippen LogP contribution in [-0.2, 0) is 0 Å². The number of nitrogens with two attached hydrogens (primary N) is 1. The van der Waals surface area contributed by atoms with Gasteiger partial charge in [-0.1, -0.05) is 0 Å². The number of benzene rings is 2. The first-order valence-electron chi connectivity index (χ1n) is 7.51. The first-order chi connectivity index (χ1) is 12.6. The van der Waals surface area contributed by atoms with E-state index >= 15 is 0 Å². The van der Waals surface area contributed by atoms with E-state index in [1.807, 2.05) is 0 Å². The van der Waals surface area contributed by atoms with Gasteiger partial charge in [-0.15, -0.1) is 11.3 Å². The highest BCUT2D eigenvalue weighted by Crippen LogP contribution is 2.34. The maximum absolute atomic E-state index is 14.3. The molecular weight excluding hydrogens is 357 g/mol. The van der Waals surface area contributed by atoms with Gasteiger partial charge >= 0.3 is 0 Å². The Morgan fingerprint density at radius 3 is 2.77 bits per heavy atom. The number of amides is 1. The Labute approximate surface area is 150 Å². The van der Waals surface area contributed by atoms with E-state index in [1.54, 1.807) is 24.3 Å². The molecule has 2 heterocycles. The number of aromatic nitrogens is 3. The third-order valence-corrected chi connectivity index (χ3v) is 4.90. The monoisotopic (exact) mass is 369 g/mol. The number of hydrogen-bond donors (Lipinski definition) is 2. The van der Waals surface area contributed by atoms with Crippen molar-refractivity contribution in [1.82, 2.24) is 15.0 Å². The van der Waals surface area contributed by atoms with Gasteiger partial charge in [0.25, 0.3) is 5.91 Å². The molecule has 130 valence electrons. The summed E-state index contributed by atoms with van der Waals surface area (Å²) in [6, 6.07) is 8.00. The van der Waals surface area contributed by atoms with Crippen molar-refractivity contribution >= 4 is 49.9 Å². The highest BCUT2D eigenvalue weighted by atomic mass is 32.1. The SMILES string of the molecule is COc1ccc(Nc2ncnc3ccc4nc(C(N)=O)sc4c23)c(F)c1. The molecule has 3 N–H and O–H groups in total. The number of fused-ring (bicyclic) bond motifs is 3. The van der Waals surface area contributed by atoms with Gasteiger partial charge in [0.2, 0.25) is 0 Å². The summed E-state index contributed by atoms with van der Waals surface area (Å²) in [5.74, 6) is -0.266. The van der Waals surface area contributed by atoms with Crippen molar-refractivity contribution in [2.24, 2.45) is 5.73 Å². The number of nitrogens with zero attached hydrogens (tertiary/aromatic N) is 3. The number of rotatable bonds is 4. The van der Waals surface area contributed by atoms with Gasteiger partial charge in [-0.2, -0.15) is 0 Å². The molecule has 4 rings (SSSR count). The zero-order chi connectivity index (χ0) is 18.3. The number of primary amides is 1. The molecule has 0 radical (unpaired) electrons. The summed E-state index contributed by atoms with van der Waals surface area (Å²) in [5, 5.41) is 3.81. The lowest BCUT2D eigenvalue weighted by Crippen LogP contribution is -2.09. The van der Waals surface area contributed by atoms with Crippen LogP contribution in [0.15, 0.2) is 36.7 Å². The van der Waals surface area contributed by atoms with Crippen LogP contribution in [0.2, 0.25) is 0 Å². The summed E-state index contributed by atoms with van der Waals surface area (Å²) in [6.07, 6.45) is 1.38. The van der Waals surface area contributed by atoms with Gasteiger partial charge in [0, 0.05) is 6.07 Å². The number of carbonyl (C=O) groups is 1. The quantitative estimate of drug-likeness (QED) is 0.572. The van der Waals surface area contributed by atoms with Gasteiger partial charge in [-0.25, -0.2) is 19.3 Å². The van der Waals surface area contributed by atoms with Crippen molar-refractivity contribution in [3.63, 3.8) is 0 Å². The van der Waals surface area contributed by atoms with Gasteiger partial charge in [0.05, 0.1) is 33.9 Å². The van der Waals surface area contributed by atoms with Crippen LogP contribution >= 0.6 is 11.3 Å². The third-order valence-electron chi connectivity index (χ3n) is 3.80. The Bertz CT molecular complexity index is 1160. The predicted octanol–water partition coefficient (Wildman–Crippen LogP) is 3.23. The largest absolute Gasteiger partial charge is 0.497 e. The number of halogens is 1. The molecule has 2 aromatic carbocycles. The van der Waals surface area contributed by atoms with Crippen LogP contribution in [0.5, 0.6) is 5.75 Å². The summed E-state index contributed by atoms with van der Waals surface area (Å²) >= 11 is 1.15. The first-order valence-corrected chi connectivity index (χ1v) is 8.33. The Hall–Kier alpha value is -3.33. The fourth-order valence-electron chi connectivity index (χ4n) is 2.58. The zero-order valence-electron chi connectivity index (χ0n) is 13.5. The number of anilines is 2. The minimum Gasteiger partial charge on any atom is -0.497 e. The first kappa shape index (κ1) is 16.2. The third kappa shape index (κ3) is 2.68. The maximum Gasteiger partial charge on any atom is 0.277 e. The normalized spacial score (nSPS) is 11.0. The van der Waals surface area contributed by atoms with Crippen LogP contribution in [0.1, 0.15) is 9.80 Å². The summed E-state index contributed by atoms with van der Waals surface area (Å²) < 4.78 is 20.0. The zero-order valence-corrected chi connectivity index (χ0v) is 14.3. The number of carbonyl (C=O) groups excluding carboxylic acids is 1. The summed E-state index contributed by atoms with van der Waals surface area (Å²) in [7, 11) is 1.47. The van der Waals surface area contributed by atoms with E-state index in [1.165, 1.54) is 19.5 Å². The molecule has 0 aliphatic rings. The van der Waals surface area contributed by atoms with Gasteiger partial charge < -0.3 is 15.8 Å². The minimum absolute atomic E-state index is 0.193. The molecule has 9 heteroatoms. The molecule has 0 aliphatic carbocycles. The van der Waals surface area contributed by atoms with Crippen LogP contribution < -0.4 is 15.8 Å². The van der Waals surface area contributed by atoms with Gasteiger partial charge in [-0.3, -0.25) is 4.79 Å². The lowest BCUT2D eigenvalue weighted by atomic mass is 10.2. The smallest absolute Gasteiger partial charge is 0.277 e. The van der Waals surface area contributed by atoms with Crippen LogP contribution in [0.3, 0.4) is 0 Å². The fraction of sp³-hybridized carbons (Fsp3) is 0.0588. The molecule has 0 atom stereocenters. The molecule has 0 saturated heterocycles. The van der Waals surface area contributed by atoms with Crippen LogP contribution in [0, 0.1) is 5.82 Å². The number of methoxy groups -OCH3 is 1. The topological polar surface area (TPSA) is 103 Å². The molecule has 0 aliphatic heterocycles. The maximum atomic E-state index is 14.3. The Kier molecular flexibility index (Phi) is 3.85. The Balaban J connectivity index is 1.89. The molecule has 0 saturated carbocycles. The fourth-order valence-corrected chi connectivity index (χ4v) is 3.54. The van der Waals surface area contributed by atoms with E-state index in [-0.39, 0.29) is 10.7 Å². The molecule has 1 amide bonds. The number of hydrogen-bond acceptors (Lipinski definition) is 7. The summed E-state index contributed by atoms with van der Waals surface area (Å²) in [6.45, 7) is 0. The van der Waals surface area contributed by atoms with E-state index in [9.17, 15) is 9.18 Å². The molecule has 0 unspecified atom stereocenters.